The Morgan fingerprint density at radius 2 is 2.40 bits per heavy atom. The highest BCUT2D eigenvalue weighted by molar-refractivity contribution is 6.64. The second-order valence-corrected chi connectivity index (χ2v) is 5.39. The second-order valence-electron chi connectivity index (χ2n) is 5.01. The number of carbonyl (C=O) groups excluding carboxylic acids is 1. The Morgan fingerprint density at radius 3 is 3.15 bits per heavy atom. The van der Waals surface area contributed by atoms with Crippen molar-refractivity contribution in [3.63, 3.8) is 0 Å². The van der Waals surface area contributed by atoms with Gasteiger partial charge in [0.15, 0.2) is 0 Å². The molecule has 3 N–H and O–H groups in total. The Morgan fingerprint density at radius 1 is 1.55 bits per heavy atom. The number of halogens is 1. The van der Waals surface area contributed by atoms with Gasteiger partial charge in [0.2, 0.25) is 5.24 Å². The van der Waals surface area contributed by atoms with Crippen LogP contribution in [0.2, 0.25) is 0 Å². The zero-order chi connectivity index (χ0) is 14.1. The molecule has 2 aliphatic rings. The van der Waals surface area contributed by atoms with Crippen LogP contribution in [0.5, 0.6) is 0 Å². The third-order valence-electron chi connectivity index (χ3n) is 3.67. The third kappa shape index (κ3) is 2.36. The lowest BCUT2D eigenvalue weighted by molar-refractivity contribution is -0.114. The molecular formula is C13H15ClN4O2. The van der Waals surface area contributed by atoms with Crippen LogP contribution >= 0.6 is 11.6 Å². The van der Waals surface area contributed by atoms with E-state index in [1.165, 1.54) is 0 Å². The standard InChI is InChI=1S/C13H15ClN4O2/c14-13(19)7-3-8-6-20-18-11(8)12(17-4-7)9-5-16-2-1-10(9)15/h6-7,16H,1-5,15H2. The van der Waals surface area contributed by atoms with Gasteiger partial charge in [0.05, 0.1) is 18.2 Å². The molecule has 106 valence electrons. The minimum Gasteiger partial charge on any atom is -0.402 e. The first-order chi connectivity index (χ1) is 9.66. The minimum atomic E-state index is -0.383. The maximum absolute atomic E-state index is 11.4. The van der Waals surface area contributed by atoms with Gasteiger partial charge in [-0.05, 0) is 24.4 Å². The Hall–Kier alpha value is -1.66. The van der Waals surface area contributed by atoms with Crippen molar-refractivity contribution in [2.75, 3.05) is 19.6 Å². The molecule has 0 saturated carbocycles. The number of aromatic nitrogens is 1. The van der Waals surface area contributed by atoms with Crippen molar-refractivity contribution in [2.24, 2.45) is 16.6 Å². The van der Waals surface area contributed by atoms with Gasteiger partial charge in [-0.2, -0.15) is 0 Å². The highest BCUT2D eigenvalue weighted by atomic mass is 35.5. The summed E-state index contributed by atoms with van der Waals surface area (Å²) in [6.07, 6.45) is 2.82. The molecule has 20 heavy (non-hydrogen) atoms. The van der Waals surface area contributed by atoms with E-state index in [0.717, 1.165) is 35.5 Å². The lowest BCUT2D eigenvalue weighted by atomic mass is 9.97. The zero-order valence-electron chi connectivity index (χ0n) is 10.9. The highest BCUT2D eigenvalue weighted by Gasteiger charge is 2.28. The molecule has 0 saturated heterocycles. The largest absolute Gasteiger partial charge is 0.402 e. The van der Waals surface area contributed by atoms with Gasteiger partial charge in [-0.15, -0.1) is 0 Å². The Bertz CT molecular complexity index is 605. The van der Waals surface area contributed by atoms with Crippen molar-refractivity contribution < 1.29 is 9.32 Å². The molecule has 1 atom stereocenters. The number of fused-ring (bicyclic) bond motifs is 1. The molecule has 7 heteroatoms. The number of nitrogens with zero attached hydrogens (tertiary/aromatic N) is 2. The number of hydrogen-bond acceptors (Lipinski definition) is 6. The number of nitrogens with two attached hydrogens (primary N) is 1. The van der Waals surface area contributed by atoms with E-state index in [2.05, 4.69) is 15.5 Å². The molecule has 0 radical (unpaired) electrons. The Kier molecular flexibility index (Phi) is 3.58. The van der Waals surface area contributed by atoms with E-state index in [1.807, 2.05) is 0 Å². The number of hydrogen-bond donors (Lipinski definition) is 2. The van der Waals surface area contributed by atoms with Crippen LogP contribution in [0.3, 0.4) is 0 Å². The van der Waals surface area contributed by atoms with E-state index in [9.17, 15) is 4.79 Å². The summed E-state index contributed by atoms with van der Waals surface area (Å²) in [5, 5.41) is 6.91. The predicted octanol–water partition coefficient (Wildman–Crippen LogP) is 0.607. The van der Waals surface area contributed by atoms with Crippen molar-refractivity contribution >= 4 is 22.6 Å². The molecule has 0 aromatic carbocycles. The Labute approximate surface area is 121 Å². The van der Waals surface area contributed by atoms with Gasteiger partial charge in [0.1, 0.15) is 12.0 Å². The van der Waals surface area contributed by atoms with Crippen LogP contribution in [-0.4, -0.2) is 35.7 Å². The summed E-state index contributed by atoms with van der Waals surface area (Å²) in [5.74, 6) is -0.342. The normalized spacial score (nSPS) is 23.1. The van der Waals surface area contributed by atoms with Crippen LogP contribution in [0.15, 0.2) is 27.0 Å². The van der Waals surface area contributed by atoms with Gasteiger partial charge in [0, 0.05) is 29.9 Å². The number of nitrogens with one attached hydrogen (secondary N) is 1. The highest BCUT2D eigenvalue weighted by Crippen LogP contribution is 2.24. The maximum atomic E-state index is 11.4. The van der Waals surface area contributed by atoms with Crippen LogP contribution in [-0.2, 0) is 11.2 Å². The van der Waals surface area contributed by atoms with Crippen molar-refractivity contribution in [1.82, 2.24) is 10.5 Å². The molecule has 0 amide bonds. The number of aliphatic imine (C=N–C) groups is 1. The first-order valence-corrected chi connectivity index (χ1v) is 6.90. The quantitative estimate of drug-likeness (QED) is 0.779. The maximum Gasteiger partial charge on any atom is 0.226 e. The molecule has 1 unspecified atom stereocenters. The average Bonchev–Trinajstić information content (AvgIpc) is 2.80. The number of rotatable bonds is 2. The minimum absolute atomic E-state index is 0.342. The molecule has 6 nitrogen and oxygen atoms in total. The summed E-state index contributed by atoms with van der Waals surface area (Å²) >= 11 is 5.62. The summed E-state index contributed by atoms with van der Waals surface area (Å²) in [4.78, 5) is 16.0. The SMILES string of the molecule is NC1=C(C2=NCC(C(=O)Cl)Cc3conc32)CNCC1. The molecule has 0 fully saturated rings. The summed E-state index contributed by atoms with van der Waals surface area (Å²) in [6, 6.07) is 0. The topological polar surface area (TPSA) is 93.5 Å². The fourth-order valence-electron chi connectivity index (χ4n) is 2.53. The summed E-state index contributed by atoms with van der Waals surface area (Å²) in [5.41, 5.74) is 10.1. The van der Waals surface area contributed by atoms with Crippen molar-refractivity contribution in [1.29, 1.82) is 0 Å². The van der Waals surface area contributed by atoms with Gasteiger partial charge in [-0.1, -0.05) is 5.16 Å². The molecule has 3 heterocycles. The van der Waals surface area contributed by atoms with Crippen molar-refractivity contribution in [3.05, 3.63) is 28.8 Å². The fraction of sp³-hybridized carbons (Fsp3) is 0.462. The molecule has 1 aromatic rings. The van der Waals surface area contributed by atoms with Crippen LogP contribution in [0, 0.1) is 5.92 Å². The molecule has 3 rings (SSSR count). The summed E-state index contributed by atoms with van der Waals surface area (Å²) in [6.45, 7) is 1.86. The van der Waals surface area contributed by atoms with E-state index >= 15 is 0 Å². The number of carbonyl (C=O) groups is 1. The van der Waals surface area contributed by atoms with Gasteiger partial charge in [0.25, 0.3) is 0 Å². The van der Waals surface area contributed by atoms with Crippen LogP contribution in [0.25, 0.3) is 0 Å². The molecule has 0 aliphatic carbocycles. The smallest absolute Gasteiger partial charge is 0.226 e. The van der Waals surface area contributed by atoms with Gasteiger partial charge in [-0.3, -0.25) is 9.79 Å². The van der Waals surface area contributed by atoms with Gasteiger partial charge >= 0.3 is 0 Å². The van der Waals surface area contributed by atoms with E-state index in [1.54, 1.807) is 6.26 Å². The first-order valence-electron chi connectivity index (χ1n) is 6.53. The predicted molar refractivity (Wildman–Crippen MR) is 74.7 cm³/mol. The summed E-state index contributed by atoms with van der Waals surface area (Å²) < 4.78 is 5.04. The van der Waals surface area contributed by atoms with E-state index in [0.29, 0.717) is 25.2 Å². The monoisotopic (exact) mass is 294 g/mol. The molecule has 0 bridgehead atoms. The van der Waals surface area contributed by atoms with Crippen molar-refractivity contribution in [3.8, 4) is 0 Å². The van der Waals surface area contributed by atoms with E-state index in [4.69, 9.17) is 21.9 Å². The van der Waals surface area contributed by atoms with Crippen LogP contribution in [0.1, 0.15) is 17.7 Å². The average molecular weight is 295 g/mol. The fourth-order valence-corrected chi connectivity index (χ4v) is 2.68. The molecule has 1 aromatic heterocycles. The Balaban J connectivity index is 2.04. The molecule has 2 aliphatic heterocycles. The van der Waals surface area contributed by atoms with Gasteiger partial charge < -0.3 is 15.6 Å². The van der Waals surface area contributed by atoms with Crippen LogP contribution in [0.4, 0.5) is 0 Å². The van der Waals surface area contributed by atoms with Gasteiger partial charge in [-0.25, -0.2) is 0 Å². The lowest BCUT2D eigenvalue weighted by Gasteiger charge is -2.19. The van der Waals surface area contributed by atoms with E-state index in [-0.39, 0.29) is 11.2 Å². The lowest BCUT2D eigenvalue weighted by Crippen LogP contribution is -2.32. The molecule has 0 spiro atoms. The third-order valence-corrected chi connectivity index (χ3v) is 3.98. The van der Waals surface area contributed by atoms with Crippen molar-refractivity contribution in [2.45, 2.75) is 12.8 Å². The zero-order valence-corrected chi connectivity index (χ0v) is 11.6. The van der Waals surface area contributed by atoms with Crippen LogP contribution < -0.4 is 11.1 Å². The van der Waals surface area contributed by atoms with E-state index < -0.39 is 0 Å². The molecular weight excluding hydrogens is 280 g/mol. The first kappa shape index (κ1) is 13.3. The summed E-state index contributed by atoms with van der Waals surface area (Å²) in [7, 11) is 0. The second kappa shape index (κ2) is 5.38.